The highest BCUT2D eigenvalue weighted by atomic mass is 16.5. The van der Waals surface area contributed by atoms with E-state index in [0.717, 1.165) is 5.56 Å². The van der Waals surface area contributed by atoms with Crippen LogP contribution >= 0.6 is 0 Å². The van der Waals surface area contributed by atoms with Crippen LogP contribution in [0.4, 0.5) is 5.69 Å². The van der Waals surface area contributed by atoms with Gasteiger partial charge in [0.25, 0.3) is 5.91 Å². The molecule has 0 fully saturated rings. The molecule has 0 aliphatic rings. The van der Waals surface area contributed by atoms with Crippen molar-refractivity contribution in [3.05, 3.63) is 59.9 Å². The van der Waals surface area contributed by atoms with Crippen LogP contribution in [0.5, 0.6) is 0 Å². The second kappa shape index (κ2) is 11.6. The molecule has 0 radical (unpaired) electrons. The van der Waals surface area contributed by atoms with Crippen molar-refractivity contribution in [3.63, 3.8) is 0 Å². The van der Waals surface area contributed by atoms with E-state index in [0.29, 0.717) is 30.8 Å². The van der Waals surface area contributed by atoms with Crippen molar-refractivity contribution >= 4 is 23.4 Å². The Morgan fingerprint density at radius 1 is 1.10 bits per heavy atom. The number of nitrogens with one attached hydrogen (secondary N) is 2. The van der Waals surface area contributed by atoms with Crippen molar-refractivity contribution < 1.29 is 19.1 Å². The predicted molar refractivity (Wildman–Crippen MR) is 109 cm³/mol. The second-order valence-electron chi connectivity index (χ2n) is 6.51. The molecular formula is C21H26N4O4. The summed E-state index contributed by atoms with van der Waals surface area (Å²) in [5, 5.41) is 5.26. The lowest BCUT2D eigenvalue weighted by Gasteiger charge is -2.22. The van der Waals surface area contributed by atoms with E-state index in [1.807, 2.05) is 19.1 Å². The summed E-state index contributed by atoms with van der Waals surface area (Å²) in [6.45, 7) is 2.44. The first-order valence-corrected chi connectivity index (χ1v) is 9.31. The number of anilines is 1. The monoisotopic (exact) mass is 398 g/mol. The standard InChI is InChI=1S/C21H26N4O4/c1-16-6-8-18(9-7-16)24-19(26)14-23-20(27)15-25(11-4-12-29-2)21(28)17-5-3-10-22-13-17/h3,5-10,13H,4,11-12,14-15H2,1-2H3,(H,23,27)(H,24,26). The Balaban J connectivity index is 1.88. The van der Waals surface area contributed by atoms with Gasteiger partial charge in [-0.15, -0.1) is 0 Å². The van der Waals surface area contributed by atoms with Gasteiger partial charge in [0.15, 0.2) is 0 Å². The number of carbonyl (C=O) groups is 3. The van der Waals surface area contributed by atoms with Gasteiger partial charge in [-0.1, -0.05) is 17.7 Å². The smallest absolute Gasteiger partial charge is 0.255 e. The maximum atomic E-state index is 12.7. The minimum Gasteiger partial charge on any atom is -0.385 e. The van der Waals surface area contributed by atoms with E-state index in [1.54, 1.807) is 37.6 Å². The summed E-state index contributed by atoms with van der Waals surface area (Å²) in [4.78, 5) is 42.3. The van der Waals surface area contributed by atoms with Crippen LogP contribution in [0.1, 0.15) is 22.3 Å². The zero-order valence-electron chi connectivity index (χ0n) is 16.7. The number of aromatic nitrogens is 1. The summed E-state index contributed by atoms with van der Waals surface area (Å²) in [5.41, 5.74) is 2.14. The molecule has 29 heavy (non-hydrogen) atoms. The molecule has 2 N–H and O–H groups in total. The molecule has 0 bridgehead atoms. The molecule has 1 heterocycles. The van der Waals surface area contributed by atoms with E-state index in [4.69, 9.17) is 4.74 Å². The van der Waals surface area contributed by atoms with E-state index in [-0.39, 0.29) is 24.9 Å². The number of nitrogens with zero attached hydrogens (tertiary/aromatic N) is 2. The Morgan fingerprint density at radius 2 is 1.86 bits per heavy atom. The van der Waals surface area contributed by atoms with Gasteiger partial charge in [-0.05, 0) is 37.6 Å². The molecule has 2 rings (SSSR count). The van der Waals surface area contributed by atoms with Crippen LogP contribution in [0.3, 0.4) is 0 Å². The summed E-state index contributed by atoms with van der Waals surface area (Å²) >= 11 is 0. The Labute approximate surface area is 170 Å². The van der Waals surface area contributed by atoms with E-state index in [9.17, 15) is 14.4 Å². The molecular weight excluding hydrogens is 372 g/mol. The lowest BCUT2D eigenvalue weighted by atomic mass is 10.2. The highest BCUT2D eigenvalue weighted by Crippen LogP contribution is 2.08. The third-order valence-electron chi connectivity index (χ3n) is 4.09. The molecule has 0 saturated carbocycles. The molecule has 0 saturated heterocycles. The van der Waals surface area contributed by atoms with E-state index in [2.05, 4.69) is 15.6 Å². The number of hydrogen-bond acceptors (Lipinski definition) is 5. The van der Waals surface area contributed by atoms with Gasteiger partial charge in [-0.25, -0.2) is 0 Å². The van der Waals surface area contributed by atoms with Gasteiger partial charge < -0.3 is 20.3 Å². The first kappa shape index (κ1) is 22.0. The van der Waals surface area contributed by atoms with Crippen LogP contribution in [0.25, 0.3) is 0 Å². The average molecular weight is 398 g/mol. The number of amides is 3. The highest BCUT2D eigenvalue weighted by molar-refractivity contribution is 5.97. The minimum atomic E-state index is -0.418. The summed E-state index contributed by atoms with van der Waals surface area (Å²) in [6, 6.07) is 10.7. The third kappa shape index (κ3) is 7.71. The SMILES string of the molecule is COCCCN(CC(=O)NCC(=O)Nc1ccc(C)cc1)C(=O)c1cccnc1. The minimum absolute atomic E-state index is 0.157. The number of aryl methyl sites for hydroxylation is 1. The lowest BCUT2D eigenvalue weighted by molar-refractivity contribution is -0.124. The number of methoxy groups -OCH3 is 1. The molecule has 0 spiro atoms. The fraction of sp³-hybridized carbons (Fsp3) is 0.333. The van der Waals surface area contributed by atoms with Crippen LogP contribution in [-0.4, -0.2) is 61.0 Å². The third-order valence-corrected chi connectivity index (χ3v) is 4.09. The fourth-order valence-corrected chi connectivity index (χ4v) is 2.57. The Kier molecular flexibility index (Phi) is 8.78. The van der Waals surface area contributed by atoms with E-state index < -0.39 is 5.91 Å². The number of ether oxygens (including phenoxy) is 1. The topological polar surface area (TPSA) is 101 Å². The van der Waals surface area contributed by atoms with Crippen molar-refractivity contribution in [1.29, 1.82) is 0 Å². The van der Waals surface area contributed by atoms with Crippen LogP contribution in [0, 0.1) is 6.92 Å². The van der Waals surface area contributed by atoms with E-state index >= 15 is 0 Å². The normalized spacial score (nSPS) is 10.3. The number of benzene rings is 1. The quantitative estimate of drug-likeness (QED) is 0.593. The summed E-state index contributed by atoms with van der Waals surface area (Å²) in [6.07, 6.45) is 3.62. The van der Waals surface area contributed by atoms with Crippen molar-refractivity contribution in [2.45, 2.75) is 13.3 Å². The average Bonchev–Trinajstić information content (AvgIpc) is 2.73. The fourth-order valence-electron chi connectivity index (χ4n) is 2.57. The van der Waals surface area contributed by atoms with Gasteiger partial charge in [0.2, 0.25) is 11.8 Å². The van der Waals surface area contributed by atoms with E-state index in [1.165, 1.54) is 11.1 Å². The second-order valence-corrected chi connectivity index (χ2v) is 6.51. The maximum absolute atomic E-state index is 12.7. The van der Waals surface area contributed by atoms with Gasteiger partial charge in [-0.2, -0.15) is 0 Å². The first-order chi connectivity index (χ1) is 14.0. The van der Waals surface area contributed by atoms with Crippen LogP contribution in [-0.2, 0) is 14.3 Å². The molecule has 3 amide bonds. The molecule has 0 unspecified atom stereocenters. The zero-order valence-corrected chi connectivity index (χ0v) is 16.7. The molecule has 2 aromatic rings. The Hall–Kier alpha value is -3.26. The lowest BCUT2D eigenvalue weighted by Crippen LogP contribution is -2.43. The highest BCUT2D eigenvalue weighted by Gasteiger charge is 2.19. The molecule has 8 heteroatoms. The van der Waals surface area contributed by atoms with Gasteiger partial charge in [-0.3, -0.25) is 19.4 Å². The Morgan fingerprint density at radius 3 is 2.52 bits per heavy atom. The molecule has 0 aliphatic heterocycles. The number of rotatable bonds is 10. The number of hydrogen-bond donors (Lipinski definition) is 2. The molecule has 0 atom stereocenters. The van der Waals surface area contributed by atoms with Crippen molar-refractivity contribution in [2.75, 3.05) is 38.7 Å². The summed E-state index contributed by atoms with van der Waals surface area (Å²) in [5.74, 6) is -1.06. The molecule has 0 aliphatic carbocycles. The predicted octanol–water partition coefficient (Wildman–Crippen LogP) is 1.62. The van der Waals surface area contributed by atoms with Crippen LogP contribution in [0.2, 0.25) is 0 Å². The zero-order chi connectivity index (χ0) is 21.1. The van der Waals surface area contributed by atoms with Crippen molar-refractivity contribution in [2.24, 2.45) is 0 Å². The van der Waals surface area contributed by atoms with Crippen LogP contribution in [0.15, 0.2) is 48.8 Å². The molecule has 154 valence electrons. The largest absolute Gasteiger partial charge is 0.385 e. The maximum Gasteiger partial charge on any atom is 0.255 e. The number of pyridine rings is 1. The molecule has 1 aromatic heterocycles. The molecule has 8 nitrogen and oxygen atoms in total. The van der Waals surface area contributed by atoms with Crippen LogP contribution < -0.4 is 10.6 Å². The van der Waals surface area contributed by atoms with Gasteiger partial charge in [0.05, 0.1) is 18.7 Å². The molecule has 1 aromatic carbocycles. The summed E-state index contributed by atoms with van der Waals surface area (Å²) in [7, 11) is 1.58. The first-order valence-electron chi connectivity index (χ1n) is 9.31. The van der Waals surface area contributed by atoms with Gasteiger partial charge >= 0.3 is 0 Å². The van der Waals surface area contributed by atoms with Gasteiger partial charge in [0.1, 0.15) is 0 Å². The summed E-state index contributed by atoms with van der Waals surface area (Å²) < 4.78 is 5.02. The van der Waals surface area contributed by atoms with Crippen molar-refractivity contribution in [3.8, 4) is 0 Å². The van der Waals surface area contributed by atoms with Gasteiger partial charge in [0, 0.05) is 38.3 Å². The number of carbonyl (C=O) groups excluding carboxylic acids is 3. The Bertz CT molecular complexity index is 809. The van der Waals surface area contributed by atoms with Crippen molar-refractivity contribution in [1.82, 2.24) is 15.2 Å².